The molecule has 0 bridgehead atoms. The Morgan fingerprint density at radius 2 is 2.30 bits per heavy atom. The number of hydrogen-bond donors (Lipinski definition) is 2. The van der Waals surface area contributed by atoms with Gasteiger partial charge in [0.1, 0.15) is 5.76 Å². The SMILES string of the molecule is CC1CCC(CO)CN1C(=O)CCNC(=O)/C=C/c1ccco1. The van der Waals surface area contributed by atoms with Crippen LogP contribution in [0.3, 0.4) is 0 Å². The molecule has 0 radical (unpaired) electrons. The van der Waals surface area contributed by atoms with E-state index in [1.165, 1.54) is 12.3 Å². The summed E-state index contributed by atoms with van der Waals surface area (Å²) in [4.78, 5) is 25.7. The van der Waals surface area contributed by atoms with Crippen LogP contribution in [0.25, 0.3) is 6.08 Å². The van der Waals surface area contributed by atoms with Gasteiger partial charge in [0.05, 0.1) is 6.26 Å². The molecule has 2 rings (SSSR count). The highest BCUT2D eigenvalue weighted by molar-refractivity contribution is 5.91. The molecule has 2 heterocycles. The van der Waals surface area contributed by atoms with Gasteiger partial charge in [-0.15, -0.1) is 0 Å². The summed E-state index contributed by atoms with van der Waals surface area (Å²) < 4.78 is 5.09. The van der Waals surface area contributed by atoms with Crippen molar-refractivity contribution in [3.63, 3.8) is 0 Å². The average molecular weight is 320 g/mol. The predicted molar refractivity (Wildman–Crippen MR) is 86.4 cm³/mol. The molecule has 126 valence electrons. The predicted octanol–water partition coefficient (Wildman–Crippen LogP) is 1.42. The van der Waals surface area contributed by atoms with Crippen molar-refractivity contribution in [3.8, 4) is 0 Å². The topological polar surface area (TPSA) is 82.8 Å². The fraction of sp³-hybridized carbons (Fsp3) is 0.529. The largest absolute Gasteiger partial charge is 0.465 e. The first kappa shape index (κ1) is 17.3. The molecule has 23 heavy (non-hydrogen) atoms. The fourth-order valence-corrected chi connectivity index (χ4v) is 2.72. The van der Waals surface area contributed by atoms with Gasteiger partial charge >= 0.3 is 0 Å². The van der Waals surface area contributed by atoms with Crippen molar-refractivity contribution in [2.24, 2.45) is 5.92 Å². The van der Waals surface area contributed by atoms with Crippen LogP contribution < -0.4 is 5.32 Å². The molecule has 2 atom stereocenters. The van der Waals surface area contributed by atoms with Crippen molar-refractivity contribution in [2.75, 3.05) is 19.7 Å². The number of carbonyl (C=O) groups excluding carboxylic acids is 2. The smallest absolute Gasteiger partial charge is 0.244 e. The van der Waals surface area contributed by atoms with Gasteiger partial charge in [0.25, 0.3) is 0 Å². The number of carbonyl (C=O) groups is 2. The zero-order valence-corrected chi connectivity index (χ0v) is 13.4. The van der Waals surface area contributed by atoms with E-state index in [0.717, 1.165) is 12.8 Å². The molecule has 0 aliphatic carbocycles. The maximum atomic E-state index is 12.3. The Labute approximate surface area is 136 Å². The highest BCUT2D eigenvalue weighted by atomic mass is 16.3. The van der Waals surface area contributed by atoms with Crippen LogP contribution in [0, 0.1) is 5.92 Å². The highest BCUT2D eigenvalue weighted by Gasteiger charge is 2.28. The van der Waals surface area contributed by atoms with Crippen molar-refractivity contribution in [1.29, 1.82) is 0 Å². The van der Waals surface area contributed by atoms with E-state index in [-0.39, 0.29) is 36.8 Å². The lowest BCUT2D eigenvalue weighted by atomic mass is 9.94. The Bertz CT molecular complexity index is 539. The van der Waals surface area contributed by atoms with Gasteiger partial charge in [0.15, 0.2) is 0 Å². The van der Waals surface area contributed by atoms with E-state index in [1.807, 2.05) is 11.8 Å². The third kappa shape index (κ3) is 5.25. The molecular formula is C17H24N2O4. The van der Waals surface area contributed by atoms with Gasteiger partial charge in [0, 0.05) is 38.2 Å². The summed E-state index contributed by atoms with van der Waals surface area (Å²) in [5, 5.41) is 11.9. The van der Waals surface area contributed by atoms with Crippen LogP contribution in [0.4, 0.5) is 0 Å². The highest BCUT2D eigenvalue weighted by Crippen LogP contribution is 2.21. The molecule has 6 nitrogen and oxygen atoms in total. The first-order valence-electron chi connectivity index (χ1n) is 8.00. The summed E-state index contributed by atoms with van der Waals surface area (Å²) in [6, 6.07) is 3.69. The summed E-state index contributed by atoms with van der Waals surface area (Å²) >= 11 is 0. The first-order valence-corrected chi connectivity index (χ1v) is 8.00. The van der Waals surface area contributed by atoms with Gasteiger partial charge < -0.3 is 19.7 Å². The maximum absolute atomic E-state index is 12.3. The second-order valence-corrected chi connectivity index (χ2v) is 5.91. The van der Waals surface area contributed by atoms with Crippen LogP contribution in [0.2, 0.25) is 0 Å². The van der Waals surface area contributed by atoms with Gasteiger partial charge in [-0.2, -0.15) is 0 Å². The molecule has 6 heteroatoms. The zero-order valence-electron chi connectivity index (χ0n) is 13.4. The fourth-order valence-electron chi connectivity index (χ4n) is 2.72. The number of furan rings is 1. The number of likely N-dealkylation sites (tertiary alicyclic amines) is 1. The number of hydrogen-bond acceptors (Lipinski definition) is 4. The second kappa shape index (κ2) is 8.53. The maximum Gasteiger partial charge on any atom is 0.244 e. The minimum atomic E-state index is -0.255. The van der Waals surface area contributed by atoms with Crippen molar-refractivity contribution in [3.05, 3.63) is 30.2 Å². The van der Waals surface area contributed by atoms with E-state index < -0.39 is 0 Å². The normalized spacial score (nSPS) is 21.6. The van der Waals surface area contributed by atoms with E-state index in [0.29, 0.717) is 18.8 Å². The number of rotatable bonds is 6. The molecule has 1 aromatic rings. The van der Waals surface area contributed by atoms with E-state index in [2.05, 4.69) is 5.32 Å². The van der Waals surface area contributed by atoms with Gasteiger partial charge in [-0.3, -0.25) is 9.59 Å². The standard InChI is InChI=1S/C17H24N2O4/c1-13-4-5-14(12-20)11-19(13)17(22)8-9-18-16(21)7-6-15-3-2-10-23-15/h2-3,6-7,10,13-14,20H,4-5,8-9,11-12H2,1H3,(H,18,21)/b7-6+. The number of nitrogens with zero attached hydrogens (tertiary/aromatic N) is 1. The molecule has 1 saturated heterocycles. The molecule has 1 fully saturated rings. The van der Waals surface area contributed by atoms with Crippen LogP contribution in [-0.4, -0.2) is 47.6 Å². The third-order valence-electron chi connectivity index (χ3n) is 4.14. The number of piperidine rings is 1. The van der Waals surface area contributed by atoms with E-state index >= 15 is 0 Å². The summed E-state index contributed by atoms with van der Waals surface area (Å²) in [7, 11) is 0. The first-order chi connectivity index (χ1) is 11.1. The van der Waals surface area contributed by atoms with E-state index in [9.17, 15) is 14.7 Å². The van der Waals surface area contributed by atoms with Crippen molar-refractivity contribution in [1.82, 2.24) is 10.2 Å². The number of aliphatic hydroxyl groups excluding tert-OH is 1. The molecule has 1 aliphatic rings. The quantitative estimate of drug-likeness (QED) is 0.777. The van der Waals surface area contributed by atoms with Crippen molar-refractivity contribution < 1.29 is 19.1 Å². The Hall–Kier alpha value is -2.08. The minimum absolute atomic E-state index is 0.0194. The van der Waals surface area contributed by atoms with Crippen LogP contribution >= 0.6 is 0 Å². The lowest BCUT2D eigenvalue weighted by molar-refractivity contribution is -0.135. The number of nitrogens with one attached hydrogen (secondary N) is 1. The summed E-state index contributed by atoms with van der Waals surface area (Å²) in [5.41, 5.74) is 0. The molecule has 2 N–H and O–H groups in total. The Balaban J connectivity index is 1.72. The van der Waals surface area contributed by atoms with Gasteiger partial charge in [-0.25, -0.2) is 0 Å². The molecule has 1 aliphatic heterocycles. The van der Waals surface area contributed by atoms with Crippen molar-refractivity contribution in [2.45, 2.75) is 32.2 Å². The Morgan fingerprint density at radius 1 is 1.48 bits per heavy atom. The number of amides is 2. The van der Waals surface area contributed by atoms with Crippen LogP contribution in [0.5, 0.6) is 0 Å². The molecular weight excluding hydrogens is 296 g/mol. The molecule has 2 amide bonds. The molecule has 2 unspecified atom stereocenters. The van der Waals surface area contributed by atoms with Gasteiger partial charge in [0.2, 0.25) is 11.8 Å². The van der Waals surface area contributed by atoms with Crippen molar-refractivity contribution >= 4 is 17.9 Å². The molecule has 0 saturated carbocycles. The molecule has 1 aromatic heterocycles. The summed E-state index contributed by atoms with van der Waals surface area (Å²) in [6.45, 7) is 3.04. The lowest BCUT2D eigenvalue weighted by Gasteiger charge is -2.37. The summed E-state index contributed by atoms with van der Waals surface area (Å²) in [5.74, 6) is 0.537. The lowest BCUT2D eigenvalue weighted by Crippen LogP contribution is -2.47. The van der Waals surface area contributed by atoms with Gasteiger partial charge in [-0.05, 0) is 43.9 Å². The van der Waals surface area contributed by atoms with E-state index in [4.69, 9.17) is 4.42 Å². The van der Waals surface area contributed by atoms with Crippen LogP contribution in [0.15, 0.2) is 28.9 Å². The Kier molecular flexibility index (Phi) is 6.40. The Morgan fingerprint density at radius 3 is 3.00 bits per heavy atom. The minimum Gasteiger partial charge on any atom is -0.465 e. The van der Waals surface area contributed by atoms with Crippen LogP contribution in [0.1, 0.15) is 31.9 Å². The summed E-state index contributed by atoms with van der Waals surface area (Å²) in [6.07, 6.45) is 6.63. The van der Waals surface area contributed by atoms with E-state index in [1.54, 1.807) is 18.2 Å². The average Bonchev–Trinajstić information content (AvgIpc) is 3.06. The zero-order chi connectivity index (χ0) is 16.7. The second-order valence-electron chi connectivity index (χ2n) is 5.91. The third-order valence-corrected chi connectivity index (χ3v) is 4.14. The molecule has 0 spiro atoms. The van der Waals surface area contributed by atoms with Gasteiger partial charge in [-0.1, -0.05) is 0 Å². The monoisotopic (exact) mass is 320 g/mol. The molecule has 0 aromatic carbocycles. The number of aliphatic hydroxyl groups is 1. The van der Waals surface area contributed by atoms with Crippen LogP contribution in [-0.2, 0) is 9.59 Å².